The Labute approximate surface area is 223 Å². The predicted octanol–water partition coefficient (Wildman–Crippen LogP) is 6.11. The average Bonchev–Trinajstić information content (AvgIpc) is 3.20. The molecule has 0 aliphatic heterocycles. The summed E-state index contributed by atoms with van der Waals surface area (Å²) in [5.41, 5.74) is 5.11. The molecule has 3 aromatic rings. The minimum atomic E-state index is -4.11. The Kier molecular flexibility index (Phi) is 8.70. The van der Waals surface area contributed by atoms with E-state index in [4.69, 9.17) is 4.74 Å². The minimum Gasteiger partial charge on any atom is -0.481 e. The van der Waals surface area contributed by atoms with Gasteiger partial charge in [0, 0.05) is 12.1 Å². The second kappa shape index (κ2) is 12.0. The van der Waals surface area contributed by atoms with Gasteiger partial charge in [0.1, 0.15) is 12.4 Å². The summed E-state index contributed by atoms with van der Waals surface area (Å²) in [4.78, 5) is 35.9. The van der Waals surface area contributed by atoms with E-state index >= 15 is 0 Å². The number of alkyl carbamates (subject to hydrolysis) is 1. The van der Waals surface area contributed by atoms with Crippen molar-refractivity contribution in [2.24, 2.45) is 11.8 Å². The molecule has 3 unspecified atom stereocenters. The van der Waals surface area contributed by atoms with Crippen LogP contribution in [-0.4, -0.2) is 40.6 Å². The summed E-state index contributed by atoms with van der Waals surface area (Å²) in [6.07, 6.45) is -0.893. The molecule has 1 aliphatic rings. The van der Waals surface area contributed by atoms with Crippen LogP contribution in [0.4, 0.5) is 4.79 Å². The molecular formula is C30H34NO6P. The number of carboxylic acid groups (broad SMARTS) is 1. The Morgan fingerprint density at radius 1 is 0.921 bits per heavy atom. The maximum Gasteiger partial charge on any atom is 0.407 e. The van der Waals surface area contributed by atoms with Crippen LogP contribution in [0.2, 0.25) is 0 Å². The lowest BCUT2D eigenvalue weighted by molar-refractivity contribution is -0.141. The van der Waals surface area contributed by atoms with Crippen molar-refractivity contribution in [3.8, 4) is 11.1 Å². The van der Waals surface area contributed by atoms with E-state index in [-0.39, 0.29) is 31.3 Å². The second-order valence-corrected chi connectivity index (χ2v) is 12.8. The van der Waals surface area contributed by atoms with Crippen molar-refractivity contribution >= 4 is 19.4 Å². The Morgan fingerprint density at radius 2 is 1.47 bits per heavy atom. The van der Waals surface area contributed by atoms with Crippen molar-refractivity contribution in [3.05, 3.63) is 95.6 Å². The zero-order valence-corrected chi connectivity index (χ0v) is 22.5. The van der Waals surface area contributed by atoms with Gasteiger partial charge >= 0.3 is 12.1 Å². The van der Waals surface area contributed by atoms with Crippen LogP contribution in [0.1, 0.15) is 42.9 Å². The standard InChI is InChI=1S/C30H34NO6P/c1-20(2)16-28(38(35,36)19-22(29(32)33)17-21-10-4-3-5-11-21)31-30(34)37-18-27-25-14-8-6-12-23(25)24-13-7-9-15-26(24)27/h3-15,20,22,27-28H,16-19H2,1-2H3,(H,31,34)(H,32,33)(H,35,36). The van der Waals surface area contributed by atoms with Gasteiger partial charge < -0.3 is 20.1 Å². The highest BCUT2D eigenvalue weighted by atomic mass is 31.2. The number of amides is 1. The van der Waals surface area contributed by atoms with Gasteiger partial charge in [-0.15, -0.1) is 0 Å². The third-order valence-electron chi connectivity index (χ3n) is 6.97. The Balaban J connectivity index is 1.45. The van der Waals surface area contributed by atoms with Crippen molar-refractivity contribution < 1.29 is 28.9 Å². The molecule has 4 rings (SSSR count). The number of benzene rings is 3. The molecule has 38 heavy (non-hydrogen) atoms. The highest BCUT2D eigenvalue weighted by Gasteiger charge is 2.38. The lowest BCUT2D eigenvalue weighted by Crippen LogP contribution is -2.38. The van der Waals surface area contributed by atoms with E-state index in [0.29, 0.717) is 0 Å². The van der Waals surface area contributed by atoms with Gasteiger partial charge in [0.2, 0.25) is 7.37 Å². The van der Waals surface area contributed by atoms with Gasteiger partial charge in [-0.05, 0) is 46.6 Å². The van der Waals surface area contributed by atoms with Crippen molar-refractivity contribution in [1.82, 2.24) is 5.32 Å². The third kappa shape index (κ3) is 6.53. The summed E-state index contributed by atoms with van der Waals surface area (Å²) < 4.78 is 19.1. The Morgan fingerprint density at radius 3 is 2.03 bits per heavy atom. The Hall–Kier alpha value is -3.41. The maximum absolute atomic E-state index is 13.5. The Bertz CT molecular complexity index is 1280. The summed E-state index contributed by atoms with van der Waals surface area (Å²) in [6.45, 7) is 3.84. The fourth-order valence-corrected chi connectivity index (χ4v) is 7.35. The molecule has 0 aromatic heterocycles. The number of ether oxygens (including phenoxy) is 1. The van der Waals surface area contributed by atoms with E-state index in [1.807, 2.05) is 68.4 Å². The normalized spacial score (nSPS) is 15.7. The molecule has 0 bridgehead atoms. The van der Waals surface area contributed by atoms with Crippen LogP contribution in [0.5, 0.6) is 0 Å². The van der Waals surface area contributed by atoms with Crippen LogP contribution >= 0.6 is 7.37 Å². The molecule has 1 amide bonds. The molecule has 0 saturated carbocycles. The fraction of sp³-hybridized carbons (Fsp3) is 0.333. The lowest BCUT2D eigenvalue weighted by Gasteiger charge is -2.27. The molecule has 3 N–H and O–H groups in total. The van der Waals surface area contributed by atoms with Crippen molar-refractivity contribution in [3.63, 3.8) is 0 Å². The quantitative estimate of drug-likeness (QED) is 0.255. The molecular weight excluding hydrogens is 501 g/mol. The van der Waals surface area contributed by atoms with Gasteiger partial charge in [0.05, 0.1) is 5.92 Å². The van der Waals surface area contributed by atoms with Crippen molar-refractivity contribution in [1.29, 1.82) is 0 Å². The SMILES string of the molecule is CC(C)CC(NC(=O)OCC1c2ccccc2-c2ccccc21)P(=O)(O)CC(Cc1ccccc1)C(=O)O. The molecule has 0 heterocycles. The first-order valence-electron chi connectivity index (χ1n) is 12.9. The molecule has 3 aromatic carbocycles. The van der Waals surface area contributed by atoms with Gasteiger partial charge in [-0.1, -0.05) is 92.7 Å². The molecule has 1 aliphatic carbocycles. The highest BCUT2D eigenvalue weighted by Crippen LogP contribution is 2.50. The monoisotopic (exact) mass is 535 g/mol. The maximum atomic E-state index is 13.5. The number of hydrogen-bond acceptors (Lipinski definition) is 4. The van der Waals surface area contributed by atoms with E-state index in [0.717, 1.165) is 27.8 Å². The van der Waals surface area contributed by atoms with Crippen molar-refractivity contribution in [2.45, 2.75) is 38.4 Å². The third-order valence-corrected chi connectivity index (χ3v) is 9.24. The number of rotatable bonds is 11. The number of carbonyl (C=O) groups is 2. The zero-order chi connectivity index (χ0) is 27.3. The smallest absolute Gasteiger partial charge is 0.407 e. The van der Waals surface area contributed by atoms with Crippen LogP contribution < -0.4 is 5.32 Å². The molecule has 7 nitrogen and oxygen atoms in total. The number of carboxylic acids is 1. The fourth-order valence-electron chi connectivity index (χ4n) is 5.12. The van der Waals surface area contributed by atoms with E-state index in [9.17, 15) is 24.2 Å². The summed E-state index contributed by atoms with van der Waals surface area (Å²) in [7, 11) is -4.11. The van der Waals surface area contributed by atoms with Crippen LogP contribution in [0.15, 0.2) is 78.9 Å². The second-order valence-electron chi connectivity index (χ2n) is 10.3. The number of hydrogen-bond donors (Lipinski definition) is 3. The molecule has 200 valence electrons. The van der Waals surface area contributed by atoms with Crippen LogP contribution in [0.3, 0.4) is 0 Å². The first kappa shape index (κ1) is 27.6. The molecule has 8 heteroatoms. The average molecular weight is 536 g/mol. The first-order valence-corrected chi connectivity index (χ1v) is 14.8. The molecule has 0 radical (unpaired) electrons. The lowest BCUT2D eigenvalue weighted by atomic mass is 9.98. The number of aliphatic carboxylic acids is 1. The van der Waals surface area contributed by atoms with Gasteiger partial charge in [0.15, 0.2) is 0 Å². The molecule has 0 spiro atoms. The topological polar surface area (TPSA) is 113 Å². The van der Waals surface area contributed by atoms with Gasteiger partial charge in [-0.3, -0.25) is 9.36 Å². The number of carbonyl (C=O) groups excluding carboxylic acids is 1. The van der Waals surface area contributed by atoms with E-state index in [1.54, 1.807) is 24.3 Å². The number of nitrogens with one attached hydrogen (secondary N) is 1. The summed E-state index contributed by atoms with van der Waals surface area (Å²) in [5, 5.41) is 12.4. The van der Waals surface area contributed by atoms with Crippen molar-refractivity contribution in [2.75, 3.05) is 12.8 Å². The zero-order valence-electron chi connectivity index (χ0n) is 21.6. The molecule has 0 saturated heterocycles. The first-order chi connectivity index (χ1) is 18.2. The molecule has 0 fully saturated rings. The molecule has 3 atom stereocenters. The van der Waals surface area contributed by atoms with Crippen LogP contribution in [0, 0.1) is 11.8 Å². The van der Waals surface area contributed by atoms with Gasteiger partial charge in [0.25, 0.3) is 0 Å². The van der Waals surface area contributed by atoms with E-state index in [2.05, 4.69) is 5.32 Å². The highest BCUT2D eigenvalue weighted by molar-refractivity contribution is 7.58. The predicted molar refractivity (Wildman–Crippen MR) is 147 cm³/mol. The number of fused-ring (bicyclic) bond motifs is 3. The van der Waals surface area contributed by atoms with Crippen LogP contribution in [-0.2, 0) is 20.5 Å². The van der Waals surface area contributed by atoms with Gasteiger partial charge in [-0.2, -0.15) is 0 Å². The summed E-state index contributed by atoms with van der Waals surface area (Å²) in [6, 6.07) is 25.0. The van der Waals surface area contributed by atoms with E-state index < -0.39 is 37.3 Å². The van der Waals surface area contributed by atoms with E-state index in [1.165, 1.54) is 0 Å². The minimum absolute atomic E-state index is 0.00763. The summed E-state index contributed by atoms with van der Waals surface area (Å²) >= 11 is 0. The van der Waals surface area contributed by atoms with Gasteiger partial charge in [-0.25, -0.2) is 4.79 Å². The largest absolute Gasteiger partial charge is 0.481 e. The van der Waals surface area contributed by atoms with Crippen LogP contribution in [0.25, 0.3) is 11.1 Å². The summed E-state index contributed by atoms with van der Waals surface area (Å²) in [5.74, 6) is -3.47.